The average Bonchev–Trinajstić information content (AvgIpc) is 3.09. The van der Waals surface area contributed by atoms with E-state index in [4.69, 9.17) is 0 Å². The third kappa shape index (κ3) is 6.56. The molecule has 0 aliphatic heterocycles. The molecule has 4 aromatic carbocycles. The topological polar surface area (TPSA) is 0 Å². The third-order valence-electron chi connectivity index (χ3n) is 4.50. The Morgan fingerprint density at radius 3 is 1.19 bits per heavy atom. The van der Waals surface area contributed by atoms with E-state index in [-0.39, 0.29) is 77.2 Å². The summed E-state index contributed by atoms with van der Waals surface area (Å²) >= 11 is 0. The van der Waals surface area contributed by atoms with Gasteiger partial charge in [-0.05, 0) is 27.7 Å². The molecule has 0 nitrogen and oxygen atoms in total. The van der Waals surface area contributed by atoms with Crippen molar-refractivity contribution in [1.82, 2.24) is 0 Å². The Balaban J connectivity index is 0. The molecule has 0 aromatic heterocycles. The summed E-state index contributed by atoms with van der Waals surface area (Å²) in [4.78, 5) is 0. The molecule has 0 spiro atoms. The van der Waals surface area contributed by atoms with E-state index in [1.165, 1.54) is 43.8 Å². The molecule has 4 rings (SSSR count). The first-order chi connectivity index (χ1) is 10.5. The first kappa shape index (κ1) is 28.2. The van der Waals surface area contributed by atoms with Gasteiger partial charge in [0.05, 0.1) is 0 Å². The van der Waals surface area contributed by atoms with E-state index in [2.05, 4.69) is 88.4 Å². The minimum absolute atomic E-state index is 0. The SMILES string of the molecule is Cc1cc2cc[cH-]c2cc1C.Cc1cc2cc[cH-]c2cc1C.[Cl-].[Cl-].[Zr+2].[Zr+2]. The van der Waals surface area contributed by atoms with Crippen molar-refractivity contribution in [2.24, 2.45) is 0 Å². The maximum Gasteiger partial charge on any atom is 2.00 e. The molecule has 0 unspecified atom stereocenters. The Labute approximate surface area is 207 Å². The Kier molecular flexibility index (Phi) is 13.5. The van der Waals surface area contributed by atoms with Crippen molar-refractivity contribution < 1.29 is 77.2 Å². The summed E-state index contributed by atoms with van der Waals surface area (Å²) in [6, 6.07) is 21.8. The van der Waals surface area contributed by atoms with Crippen LogP contribution in [0, 0.1) is 27.7 Å². The van der Waals surface area contributed by atoms with E-state index < -0.39 is 0 Å². The number of benzene rings is 2. The smallest absolute Gasteiger partial charge is 1.00 e. The second kappa shape index (κ2) is 12.5. The van der Waals surface area contributed by atoms with E-state index >= 15 is 0 Å². The average molecular weight is 540 g/mol. The Hall–Kier alpha value is 0.00623. The predicted octanol–water partition coefficient (Wildman–Crippen LogP) is 0.354. The van der Waals surface area contributed by atoms with Gasteiger partial charge in [0.1, 0.15) is 0 Å². The molecule has 0 heterocycles. The minimum Gasteiger partial charge on any atom is -1.00 e. The molecule has 0 fully saturated rings. The van der Waals surface area contributed by atoms with Gasteiger partial charge in [-0.2, -0.15) is 24.3 Å². The standard InChI is InChI=1S/2C11H11.2ClH.2Zr/c2*1-8-6-10-4-3-5-11(10)7-9(8)2;;;;/h2*3-7H,1-2H3;2*1H;;/q2*-1;;;2*+2/p-2. The van der Waals surface area contributed by atoms with Gasteiger partial charge < -0.3 is 24.8 Å². The number of hydrogen-bond acceptors (Lipinski definition) is 0. The van der Waals surface area contributed by atoms with Crippen LogP contribution in [0.1, 0.15) is 22.3 Å². The molecule has 0 atom stereocenters. The third-order valence-corrected chi connectivity index (χ3v) is 4.50. The Morgan fingerprint density at radius 2 is 0.846 bits per heavy atom. The molecule has 0 saturated carbocycles. The number of rotatable bonds is 0. The zero-order chi connectivity index (χ0) is 15.7. The molecule has 0 aliphatic carbocycles. The fourth-order valence-electron chi connectivity index (χ4n) is 2.81. The summed E-state index contributed by atoms with van der Waals surface area (Å²) in [5.41, 5.74) is 5.51. The van der Waals surface area contributed by atoms with Crippen molar-refractivity contribution in [3.8, 4) is 0 Å². The van der Waals surface area contributed by atoms with Gasteiger partial charge in [-0.3, -0.25) is 0 Å². The molecule has 0 N–H and O–H groups in total. The van der Waals surface area contributed by atoms with Crippen molar-refractivity contribution in [2.45, 2.75) is 27.7 Å². The van der Waals surface area contributed by atoms with Gasteiger partial charge in [0.15, 0.2) is 0 Å². The molecule has 4 aromatic rings. The van der Waals surface area contributed by atoms with Gasteiger partial charge >= 0.3 is 52.4 Å². The van der Waals surface area contributed by atoms with Gasteiger partial charge in [0, 0.05) is 0 Å². The van der Waals surface area contributed by atoms with Crippen LogP contribution in [-0.2, 0) is 52.4 Å². The van der Waals surface area contributed by atoms with Gasteiger partial charge in [0.25, 0.3) is 0 Å². The van der Waals surface area contributed by atoms with Crippen LogP contribution >= 0.6 is 0 Å². The van der Waals surface area contributed by atoms with Crippen LogP contribution in [0.2, 0.25) is 0 Å². The Bertz CT molecular complexity index is 786. The van der Waals surface area contributed by atoms with Crippen molar-refractivity contribution >= 4 is 21.5 Å². The van der Waals surface area contributed by atoms with Crippen molar-refractivity contribution in [3.63, 3.8) is 0 Å². The summed E-state index contributed by atoms with van der Waals surface area (Å²) in [7, 11) is 0. The molecule has 0 bridgehead atoms. The summed E-state index contributed by atoms with van der Waals surface area (Å²) in [5.74, 6) is 0. The summed E-state index contributed by atoms with van der Waals surface area (Å²) in [5, 5.41) is 5.42. The largest absolute Gasteiger partial charge is 2.00 e. The van der Waals surface area contributed by atoms with Gasteiger partial charge in [-0.25, -0.2) is 0 Å². The van der Waals surface area contributed by atoms with Crippen LogP contribution in [0.5, 0.6) is 0 Å². The van der Waals surface area contributed by atoms with Gasteiger partial charge in [0.2, 0.25) is 0 Å². The maximum absolute atomic E-state index is 2.24. The first-order valence-corrected chi connectivity index (χ1v) is 7.80. The molecule has 4 heteroatoms. The molecule has 0 aliphatic rings. The number of hydrogen-bond donors (Lipinski definition) is 0. The van der Waals surface area contributed by atoms with E-state index in [9.17, 15) is 0 Å². The summed E-state index contributed by atoms with van der Waals surface area (Å²) < 4.78 is 0. The van der Waals surface area contributed by atoms with Crippen LogP contribution in [0.15, 0.2) is 60.7 Å². The van der Waals surface area contributed by atoms with Crippen LogP contribution in [0.4, 0.5) is 0 Å². The summed E-state index contributed by atoms with van der Waals surface area (Å²) in [6.07, 6.45) is 0. The molecule has 0 amide bonds. The fourth-order valence-corrected chi connectivity index (χ4v) is 2.81. The maximum atomic E-state index is 2.24. The van der Waals surface area contributed by atoms with Gasteiger partial charge in [-0.1, -0.05) is 22.3 Å². The zero-order valence-corrected chi connectivity index (χ0v) is 22.0. The van der Waals surface area contributed by atoms with Crippen LogP contribution in [-0.4, -0.2) is 0 Å². The van der Waals surface area contributed by atoms with E-state index in [1.807, 2.05) is 0 Å². The van der Waals surface area contributed by atoms with Crippen LogP contribution < -0.4 is 24.8 Å². The summed E-state index contributed by atoms with van der Waals surface area (Å²) in [6.45, 7) is 8.62. The van der Waals surface area contributed by atoms with Crippen molar-refractivity contribution in [2.75, 3.05) is 0 Å². The van der Waals surface area contributed by atoms with Crippen LogP contribution in [0.3, 0.4) is 0 Å². The fraction of sp³-hybridized carbons (Fsp3) is 0.182. The Morgan fingerprint density at radius 1 is 0.538 bits per heavy atom. The van der Waals surface area contributed by atoms with E-state index in [0.29, 0.717) is 0 Å². The molecular formula is C22H22Cl2Zr2. The first-order valence-electron chi connectivity index (χ1n) is 7.80. The predicted molar refractivity (Wildman–Crippen MR) is 98.0 cm³/mol. The van der Waals surface area contributed by atoms with E-state index in [0.717, 1.165) is 0 Å². The van der Waals surface area contributed by atoms with Crippen molar-refractivity contribution in [1.29, 1.82) is 0 Å². The second-order valence-corrected chi connectivity index (χ2v) is 6.18. The minimum atomic E-state index is 0. The molecular weight excluding hydrogens is 518 g/mol. The normalized spacial score (nSPS) is 9.08. The molecule has 0 saturated heterocycles. The van der Waals surface area contributed by atoms with Crippen LogP contribution in [0.25, 0.3) is 21.5 Å². The molecule has 0 radical (unpaired) electrons. The zero-order valence-electron chi connectivity index (χ0n) is 15.5. The number of aryl methyl sites for hydroxylation is 4. The molecule has 26 heavy (non-hydrogen) atoms. The number of fused-ring (bicyclic) bond motifs is 2. The number of halogens is 2. The second-order valence-electron chi connectivity index (χ2n) is 6.18. The van der Waals surface area contributed by atoms with E-state index in [1.54, 1.807) is 0 Å². The van der Waals surface area contributed by atoms with Crippen molar-refractivity contribution in [3.05, 3.63) is 82.9 Å². The quantitative estimate of drug-likeness (QED) is 0.283. The molecule has 132 valence electrons. The monoisotopic (exact) mass is 536 g/mol. The van der Waals surface area contributed by atoms with Gasteiger partial charge in [-0.15, -0.1) is 57.9 Å².